The third-order valence-electron chi connectivity index (χ3n) is 4.09. The zero-order valence-corrected chi connectivity index (χ0v) is 12.3. The number of rotatable bonds is 3. The Balaban J connectivity index is 2.06. The molecule has 3 heteroatoms. The number of nitrogens with one attached hydrogen (secondary N) is 1. The number of benzene rings is 2. The van der Waals surface area contributed by atoms with Crippen molar-refractivity contribution >= 4 is 5.71 Å². The molecule has 1 unspecified atom stereocenters. The molecule has 0 saturated heterocycles. The second kappa shape index (κ2) is 5.60. The van der Waals surface area contributed by atoms with E-state index in [0.29, 0.717) is 0 Å². The molecule has 3 nitrogen and oxygen atoms in total. The van der Waals surface area contributed by atoms with Gasteiger partial charge in [0.05, 0.1) is 14.2 Å². The van der Waals surface area contributed by atoms with Crippen LogP contribution in [0.1, 0.15) is 29.0 Å². The van der Waals surface area contributed by atoms with Crippen LogP contribution in [0.15, 0.2) is 42.5 Å². The molecule has 0 bridgehead atoms. The van der Waals surface area contributed by atoms with Crippen LogP contribution in [0, 0.1) is 5.41 Å². The van der Waals surface area contributed by atoms with Crippen LogP contribution in [-0.2, 0) is 6.42 Å². The zero-order valence-electron chi connectivity index (χ0n) is 12.3. The van der Waals surface area contributed by atoms with Gasteiger partial charge in [0.2, 0.25) is 0 Å². The van der Waals surface area contributed by atoms with Gasteiger partial charge in [-0.15, -0.1) is 0 Å². The predicted molar refractivity (Wildman–Crippen MR) is 83.9 cm³/mol. The average molecular weight is 281 g/mol. The highest BCUT2D eigenvalue weighted by Crippen LogP contribution is 2.38. The summed E-state index contributed by atoms with van der Waals surface area (Å²) in [6.45, 7) is 0. The fourth-order valence-electron chi connectivity index (χ4n) is 3.06. The van der Waals surface area contributed by atoms with Gasteiger partial charge in [-0.2, -0.15) is 0 Å². The van der Waals surface area contributed by atoms with E-state index in [9.17, 15) is 0 Å². The standard InChI is InChI=1S/C18H19NO2/c1-20-17-8-7-13(10-18(17)21-2)16-11-14(19)9-12-5-3-4-6-15(12)16/h3-8,10,16,19H,9,11H2,1-2H3. The predicted octanol–water partition coefficient (Wildman–Crippen LogP) is 3.80. The quantitative estimate of drug-likeness (QED) is 0.929. The summed E-state index contributed by atoms with van der Waals surface area (Å²) in [5.74, 6) is 1.70. The molecule has 2 aromatic carbocycles. The molecule has 0 aromatic heterocycles. The van der Waals surface area contributed by atoms with E-state index in [1.54, 1.807) is 14.2 Å². The van der Waals surface area contributed by atoms with E-state index in [-0.39, 0.29) is 5.92 Å². The largest absolute Gasteiger partial charge is 0.493 e. The first-order chi connectivity index (χ1) is 10.2. The van der Waals surface area contributed by atoms with Gasteiger partial charge in [0, 0.05) is 18.1 Å². The Hall–Kier alpha value is -2.29. The van der Waals surface area contributed by atoms with E-state index < -0.39 is 0 Å². The average Bonchev–Trinajstić information content (AvgIpc) is 2.53. The minimum absolute atomic E-state index is 0.224. The van der Waals surface area contributed by atoms with Gasteiger partial charge in [-0.25, -0.2) is 0 Å². The maximum absolute atomic E-state index is 8.12. The normalized spacial score (nSPS) is 17.2. The lowest BCUT2D eigenvalue weighted by Crippen LogP contribution is -2.18. The SMILES string of the molecule is COc1ccc(C2CC(=N)Cc3ccccc32)cc1OC. The van der Waals surface area contributed by atoms with Gasteiger partial charge in [-0.3, -0.25) is 0 Å². The molecule has 21 heavy (non-hydrogen) atoms. The van der Waals surface area contributed by atoms with Crippen LogP contribution >= 0.6 is 0 Å². The molecule has 0 fully saturated rings. The summed E-state index contributed by atoms with van der Waals surface area (Å²) in [6.07, 6.45) is 1.53. The Morgan fingerprint density at radius 3 is 2.52 bits per heavy atom. The number of hydrogen-bond donors (Lipinski definition) is 1. The van der Waals surface area contributed by atoms with Gasteiger partial charge >= 0.3 is 0 Å². The maximum Gasteiger partial charge on any atom is 0.161 e. The number of methoxy groups -OCH3 is 2. The highest BCUT2D eigenvalue weighted by Gasteiger charge is 2.25. The smallest absolute Gasteiger partial charge is 0.161 e. The monoisotopic (exact) mass is 281 g/mol. The molecule has 1 N–H and O–H groups in total. The Morgan fingerprint density at radius 2 is 1.76 bits per heavy atom. The fraction of sp³-hybridized carbons (Fsp3) is 0.278. The third kappa shape index (κ3) is 2.51. The third-order valence-corrected chi connectivity index (χ3v) is 4.09. The van der Waals surface area contributed by atoms with E-state index in [2.05, 4.69) is 24.3 Å². The first-order valence-electron chi connectivity index (χ1n) is 7.09. The summed E-state index contributed by atoms with van der Waals surface area (Å²) >= 11 is 0. The minimum atomic E-state index is 0.224. The van der Waals surface area contributed by atoms with Crippen molar-refractivity contribution in [2.75, 3.05) is 14.2 Å². The van der Waals surface area contributed by atoms with Crippen LogP contribution in [-0.4, -0.2) is 19.9 Å². The van der Waals surface area contributed by atoms with Crippen LogP contribution in [0.25, 0.3) is 0 Å². The summed E-state index contributed by atoms with van der Waals surface area (Å²) in [7, 11) is 3.29. The van der Waals surface area contributed by atoms with E-state index >= 15 is 0 Å². The molecule has 0 amide bonds. The molecule has 3 rings (SSSR count). The second-order valence-corrected chi connectivity index (χ2v) is 5.35. The van der Waals surface area contributed by atoms with Crippen molar-refractivity contribution < 1.29 is 9.47 Å². The Morgan fingerprint density at radius 1 is 1.00 bits per heavy atom. The lowest BCUT2D eigenvalue weighted by Gasteiger charge is -2.27. The lowest BCUT2D eigenvalue weighted by atomic mass is 9.78. The fourth-order valence-corrected chi connectivity index (χ4v) is 3.06. The number of ether oxygens (including phenoxy) is 2. The topological polar surface area (TPSA) is 42.3 Å². The van der Waals surface area contributed by atoms with Crippen LogP contribution in [0.3, 0.4) is 0 Å². The van der Waals surface area contributed by atoms with E-state index in [1.165, 1.54) is 16.7 Å². The molecular formula is C18H19NO2. The number of fused-ring (bicyclic) bond motifs is 1. The van der Waals surface area contributed by atoms with Gasteiger partial charge < -0.3 is 14.9 Å². The van der Waals surface area contributed by atoms with Crippen LogP contribution < -0.4 is 9.47 Å². The van der Waals surface area contributed by atoms with Gasteiger partial charge in [-0.05, 0) is 35.2 Å². The molecule has 0 saturated carbocycles. The maximum atomic E-state index is 8.12. The summed E-state index contributed by atoms with van der Waals surface area (Å²) < 4.78 is 10.7. The first-order valence-corrected chi connectivity index (χ1v) is 7.09. The van der Waals surface area contributed by atoms with E-state index in [4.69, 9.17) is 14.9 Å². The zero-order chi connectivity index (χ0) is 14.8. The van der Waals surface area contributed by atoms with Crippen LogP contribution in [0.4, 0.5) is 0 Å². The molecule has 0 spiro atoms. The van der Waals surface area contributed by atoms with Crippen molar-refractivity contribution in [3.05, 3.63) is 59.2 Å². The first kappa shape index (κ1) is 13.7. The molecule has 2 aromatic rings. The van der Waals surface area contributed by atoms with Crippen molar-refractivity contribution in [2.45, 2.75) is 18.8 Å². The molecular weight excluding hydrogens is 262 g/mol. The highest BCUT2D eigenvalue weighted by atomic mass is 16.5. The summed E-state index contributed by atoms with van der Waals surface area (Å²) in [4.78, 5) is 0. The van der Waals surface area contributed by atoms with Crippen molar-refractivity contribution in [3.63, 3.8) is 0 Å². The summed E-state index contributed by atoms with van der Waals surface area (Å²) in [5, 5.41) is 8.12. The molecule has 0 heterocycles. The second-order valence-electron chi connectivity index (χ2n) is 5.35. The van der Waals surface area contributed by atoms with E-state index in [0.717, 1.165) is 30.1 Å². The van der Waals surface area contributed by atoms with Gasteiger partial charge in [0.15, 0.2) is 11.5 Å². The highest BCUT2D eigenvalue weighted by molar-refractivity contribution is 5.87. The minimum Gasteiger partial charge on any atom is -0.493 e. The van der Waals surface area contributed by atoms with E-state index in [1.807, 2.05) is 18.2 Å². The molecule has 108 valence electrons. The lowest BCUT2D eigenvalue weighted by molar-refractivity contribution is 0.354. The number of hydrogen-bond acceptors (Lipinski definition) is 3. The van der Waals surface area contributed by atoms with Crippen LogP contribution in [0.2, 0.25) is 0 Å². The van der Waals surface area contributed by atoms with Crippen molar-refractivity contribution in [2.24, 2.45) is 0 Å². The molecule has 1 atom stereocenters. The summed E-state index contributed by atoms with van der Waals surface area (Å²) in [5.41, 5.74) is 4.53. The Labute approximate surface area is 125 Å². The molecule has 1 aliphatic carbocycles. The molecule has 0 aliphatic heterocycles. The van der Waals surface area contributed by atoms with Crippen molar-refractivity contribution in [3.8, 4) is 11.5 Å². The van der Waals surface area contributed by atoms with Crippen LogP contribution in [0.5, 0.6) is 11.5 Å². The Bertz CT molecular complexity index is 679. The molecule has 0 radical (unpaired) electrons. The van der Waals surface area contributed by atoms with Gasteiger partial charge in [0.25, 0.3) is 0 Å². The molecule has 1 aliphatic rings. The van der Waals surface area contributed by atoms with Gasteiger partial charge in [-0.1, -0.05) is 30.3 Å². The van der Waals surface area contributed by atoms with Gasteiger partial charge in [0.1, 0.15) is 0 Å². The van der Waals surface area contributed by atoms with Crippen molar-refractivity contribution in [1.29, 1.82) is 5.41 Å². The Kier molecular flexibility index (Phi) is 3.65. The summed E-state index contributed by atoms with van der Waals surface area (Å²) in [6, 6.07) is 14.4. The van der Waals surface area contributed by atoms with Crippen molar-refractivity contribution in [1.82, 2.24) is 0 Å².